The van der Waals surface area contributed by atoms with Gasteiger partial charge in [-0.15, -0.1) is 0 Å². The highest BCUT2D eigenvalue weighted by Crippen LogP contribution is 2.66. The summed E-state index contributed by atoms with van der Waals surface area (Å²) in [6, 6.07) is 0. The van der Waals surface area contributed by atoms with Crippen LogP contribution in [0.3, 0.4) is 0 Å². The highest BCUT2D eigenvalue weighted by molar-refractivity contribution is 5.09. The van der Waals surface area contributed by atoms with Crippen LogP contribution in [0.15, 0.2) is 0 Å². The predicted octanol–water partition coefficient (Wildman–Crippen LogP) is 4.62. The fourth-order valence-corrected chi connectivity index (χ4v) is 8.95. The van der Waals surface area contributed by atoms with Crippen molar-refractivity contribution in [2.75, 3.05) is 39.5 Å². The smallest absolute Gasteiger partial charge is 0.159 e. The molecule has 5 aliphatic rings. The first-order valence-corrected chi connectivity index (χ1v) is 13.6. The lowest BCUT2D eigenvalue weighted by atomic mass is 9.45. The molecule has 1 saturated heterocycles. The average molecular weight is 435 g/mol. The predicted molar refractivity (Wildman–Crippen MR) is 125 cm³/mol. The van der Waals surface area contributed by atoms with E-state index in [-0.39, 0.29) is 6.10 Å². The molecular weight excluding hydrogens is 386 g/mol. The van der Waals surface area contributed by atoms with E-state index in [4.69, 9.17) is 14.6 Å². The molecule has 5 rings (SSSR count). The molecule has 8 atom stereocenters. The zero-order chi connectivity index (χ0) is 21.5. The summed E-state index contributed by atoms with van der Waals surface area (Å²) in [6.07, 6.45) is 15.2. The lowest BCUT2D eigenvalue weighted by Crippen LogP contribution is -2.54. The minimum absolute atomic E-state index is 0.200. The molecule has 4 aliphatic carbocycles. The van der Waals surface area contributed by atoms with Crippen LogP contribution >= 0.6 is 0 Å². The highest BCUT2D eigenvalue weighted by Gasteiger charge is 2.61. The van der Waals surface area contributed by atoms with Crippen LogP contribution in [0, 0.1) is 34.5 Å². The molecular formula is C27H48NO3+. The summed E-state index contributed by atoms with van der Waals surface area (Å²) in [5.41, 5.74) is 0.843. The summed E-state index contributed by atoms with van der Waals surface area (Å²) in [5, 5.41) is 8.64. The molecule has 0 spiro atoms. The van der Waals surface area contributed by atoms with E-state index >= 15 is 0 Å². The molecule has 31 heavy (non-hydrogen) atoms. The maximum Gasteiger partial charge on any atom is 0.159 e. The molecule has 0 bridgehead atoms. The zero-order valence-electron chi connectivity index (χ0n) is 20.2. The molecule has 4 heteroatoms. The van der Waals surface area contributed by atoms with Crippen LogP contribution in [0.1, 0.15) is 84.5 Å². The van der Waals surface area contributed by atoms with Gasteiger partial charge >= 0.3 is 0 Å². The third kappa shape index (κ3) is 4.24. The van der Waals surface area contributed by atoms with Crippen LogP contribution in [-0.2, 0) is 9.47 Å². The maximum atomic E-state index is 8.64. The second-order valence-corrected chi connectivity index (χ2v) is 12.3. The largest absolute Gasteiger partial charge is 0.443 e. The lowest BCUT2D eigenvalue weighted by molar-refractivity contribution is -0.142. The number of hydrogen-bond acceptors (Lipinski definition) is 3. The van der Waals surface area contributed by atoms with Crippen LogP contribution in [0.2, 0.25) is 0 Å². The van der Waals surface area contributed by atoms with Gasteiger partial charge in [0.1, 0.15) is 0 Å². The molecule has 1 aliphatic heterocycles. The van der Waals surface area contributed by atoms with E-state index in [1.807, 2.05) is 0 Å². The first-order chi connectivity index (χ1) is 15.0. The number of ether oxygens (including phenoxy) is 2. The number of hydrogen-bond donors (Lipinski definition) is 0. The maximum absolute atomic E-state index is 8.64. The molecule has 4 saturated carbocycles. The minimum Gasteiger partial charge on any atom is -0.443 e. The summed E-state index contributed by atoms with van der Waals surface area (Å²) >= 11 is 0. The van der Waals surface area contributed by atoms with E-state index in [2.05, 4.69) is 18.7 Å². The Bertz CT molecular complexity index is 607. The van der Waals surface area contributed by atoms with Gasteiger partial charge in [0.15, 0.2) is 6.10 Å². The Labute approximate surface area is 190 Å². The van der Waals surface area contributed by atoms with Gasteiger partial charge in [0.2, 0.25) is 0 Å². The second kappa shape index (κ2) is 9.24. The van der Waals surface area contributed by atoms with Crippen molar-refractivity contribution in [1.82, 2.24) is 4.90 Å². The van der Waals surface area contributed by atoms with E-state index in [9.17, 15) is 0 Å². The van der Waals surface area contributed by atoms with E-state index < -0.39 is 0 Å². The number of fused-ring (bicyclic) bond motifs is 5. The van der Waals surface area contributed by atoms with Crippen molar-refractivity contribution in [2.45, 2.75) is 96.7 Å². The van der Waals surface area contributed by atoms with Gasteiger partial charge in [-0.2, -0.15) is 0 Å². The monoisotopic (exact) mass is 434 g/mol. The van der Waals surface area contributed by atoms with Gasteiger partial charge in [0.25, 0.3) is 0 Å². The van der Waals surface area contributed by atoms with Gasteiger partial charge < -0.3 is 19.5 Å². The Morgan fingerprint density at radius 1 is 0.839 bits per heavy atom. The van der Waals surface area contributed by atoms with Crippen molar-refractivity contribution in [3.05, 3.63) is 0 Å². The summed E-state index contributed by atoms with van der Waals surface area (Å²) in [4.78, 5) is 2.52. The molecule has 0 amide bonds. The van der Waals surface area contributed by atoms with Crippen molar-refractivity contribution in [2.24, 2.45) is 34.5 Å². The van der Waals surface area contributed by atoms with Crippen LogP contribution in [-0.4, -0.2) is 61.7 Å². The van der Waals surface area contributed by atoms with Crippen molar-refractivity contribution < 1.29 is 14.6 Å². The SMILES string of the molecule is C[C@]12CC[C@H](OCCOCCN3CCCC3)CC1CCC1C2CC[C@@]2(C)C1CC[C@@H]2[OH2+]. The van der Waals surface area contributed by atoms with Crippen molar-refractivity contribution in [1.29, 1.82) is 0 Å². The van der Waals surface area contributed by atoms with Gasteiger partial charge in [-0.3, -0.25) is 0 Å². The van der Waals surface area contributed by atoms with Crippen molar-refractivity contribution >= 4 is 0 Å². The molecule has 1 heterocycles. The minimum atomic E-state index is 0.200. The molecule has 0 aromatic heterocycles. The summed E-state index contributed by atoms with van der Waals surface area (Å²) in [5.74, 6) is 3.49. The fraction of sp³-hybridized carbons (Fsp3) is 1.00. The third-order valence-electron chi connectivity index (χ3n) is 10.9. The molecule has 4 nitrogen and oxygen atoms in total. The van der Waals surface area contributed by atoms with Gasteiger partial charge in [0.05, 0.1) is 25.9 Å². The van der Waals surface area contributed by atoms with Crippen molar-refractivity contribution in [3.8, 4) is 0 Å². The second-order valence-electron chi connectivity index (χ2n) is 12.3. The first-order valence-electron chi connectivity index (χ1n) is 13.6. The van der Waals surface area contributed by atoms with Gasteiger partial charge in [-0.1, -0.05) is 13.8 Å². The zero-order valence-corrected chi connectivity index (χ0v) is 20.2. The Kier molecular flexibility index (Phi) is 6.74. The average Bonchev–Trinajstić information content (AvgIpc) is 3.38. The molecule has 2 N–H and O–H groups in total. The molecule has 178 valence electrons. The molecule has 4 unspecified atom stereocenters. The molecule has 0 aromatic carbocycles. The van der Waals surface area contributed by atoms with Crippen LogP contribution in [0.5, 0.6) is 0 Å². The lowest BCUT2D eigenvalue weighted by Gasteiger charge is -2.60. The first kappa shape index (κ1) is 22.6. The van der Waals surface area contributed by atoms with Gasteiger partial charge in [0, 0.05) is 18.4 Å². The summed E-state index contributed by atoms with van der Waals surface area (Å²) < 4.78 is 12.2. The molecule has 0 aromatic rings. The number of rotatable bonds is 7. The molecule has 5 fully saturated rings. The van der Waals surface area contributed by atoms with Gasteiger partial charge in [-0.25, -0.2) is 0 Å². The standard InChI is InChI=1S/C27H47NO3/c1-26-11-9-21(31-18-17-30-16-15-28-13-3-4-14-28)19-20(26)5-6-22-23-7-8-25(29)27(23,2)12-10-24(22)26/h20-25,29H,3-19H2,1-2H3/p+1/t20?,21-,22?,23?,24?,25-,26-,27-/m0/s1. The van der Waals surface area contributed by atoms with E-state index in [1.165, 1.54) is 77.3 Å². The van der Waals surface area contributed by atoms with Crippen LogP contribution in [0.25, 0.3) is 0 Å². The highest BCUT2D eigenvalue weighted by atomic mass is 16.5. The Morgan fingerprint density at radius 2 is 1.61 bits per heavy atom. The topological polar surface area (TPSA) is 44.6 Å². The van der Waals surface area contributed by atoms with Crippen LogP contribution < -0.4 is 0 Å². The fourth-order valence-electron chi connectivity index (χ4n) is 8.95. The third-order valence-corrected chi connectivity index (χ3v) is 10.9. The van der Waals surface area contributed by atoms with E-state index in [0.717, 1.165) is 56.5 Å². The Morgan fingerprint density at radius 3 is 2.45 bits per heavy atom. The Balaban J connectivity index is 1.08. The van der Waals surface area contributed by atoms with E-state index in [1.54, 1.807) is 0 Å². The molecule has 0 radical (unpaired) electrons. The summed E-state index contributed by atoms with van der Waals surface area (Å²) in [7, 11) is 0. The quantitative estimate of drug-likeness (QED) is 0.434. The Hall–Kier alpha value is -0.160. The van der Waals surface area contributed by atoms with E-state index in [0.29, 0.717) is 16.9 Å². The summed E-state index contributed by atoms with van der Waals surface area (Å²) in [6.45, 7) is 11.1. The normalized spacial score (nSPS) is 47.7. The number of likely N-dealkylation sites (tertiary alicyclic amines) is 1. The van der Waals surface area contributed by atoms with Crippen molar-refractivity contribution in [3.63, 3.8) is 0 Å². The van der Waals surface area contributed by atoms with Crippen LogP contribution in [0.4, 0.5) is 0 Å². The number of nitrogens with zero attached hydrogens (tertiary/aromatic N) is 1. The van der Waals surface area contributed by atoms with Gasteiger partial charge in [-0.05, 0) is 106 Å².